The Kier molecular flexibility index (Phi) is 6.40. The molecule has 6 heteroatoms. The molecule has 22 heavy (non-hydrogen) atoms. The molecule has 0 heterocycles. The van der Waals surface area contributed by atoms with E-state index in [4.69, 9.17) is 5.73 Å². The molecule has 0 atom stereocenters. The highest BCUT2D eigenvalue weighted by Gasteiger charge is 2.29. The summed E-state index contributed by atoms with van der Waals surface area (Å²) >= 11 is 0. The van der Waals surface area contributed by atoms with Crippen molar-refractivity contribution in [2.75, 3.05) is 44.7 Å². The van der Waals surface area contributed by atoms with Crippen molar-refractivity contribution in [1.82, 2.24) is 8.79 Å². The lowest BCUT2D eigenvalue weighted by Gasteiger charge is -2.38. The number of quaternary nitrogens is 1. The van der Waals surface area contributed by atoms with Crippen LogP contribution in [0.15, 0.2) is 18.2 Å². The SMILES string of the molecule is CCN(CC[N+](CC)(CC)c1ccc(N)c(C)c1)S(C)(=O)=O. The maximum Gasteiger partial charge on any atom is 0.211 e. The van der Waals surface area contributed by atoms with Gasteiger partial charge in [-0.1, -0.05) is 6.92 Å². The van der Waals surface area contributed by atoms with Crippen LogP contribution in [-0.4, -0.2) is 51.7 Å². The second-order valence-electron chi connectivity index (χ2n) is 5.80. The third-order valence-corrected chi connectivity index (χ3v) is 5.99. The van der Waals surface area contributed by atoms with Crippen LogP contribution in [0.4, 0.5) is 11.4 Å². The van der Waals surface area contributed by atoms with Gasteiger partial charge in [0.1, 0.15) is 5.69 Å². The zero-order chi connectivity index (χ0) is 17.0. The standard InChI is InChI=1S/C16H30N3O2S/c1-6-18(22(5,20)21)11-12-19(7-2,8-3)15-9-10-16(17)14(4)13-15/h9-10,13H,6-8,11-12,17H2,1-5H3/q+1. The molecular weight excluding hydrogens is 298 g/mol. The molecule has 0 amide bonds. The molecule has 1 aromatic carbocycles. The Morgan fingerprint density at radius 3 is 2.18 bits per heavy atom. The van der Waals surface area contributed by atoms with E-state index < -0.39 is 10.0 Å². The molecule has 2 N–H and O–H groups in total. The largest absolute Gasteiger partial charge is 0.399 e. The molecule has 0 aromatic heterocycles. The van der Waals surface area contributed by atoms with Crippen LogP contribution < -0.4 is 10.2 Å². The van der Waals surface area contributed by atoms with Crippen molar-refractivity contribution >= 4 is 21.4 Å². The second kappa shape index (κ2) is 7.44. The first-order valence-corrected chi connectivity index (χ1v) is 9.73. The van der Waals surface area contributed by atoms with Crippen molar-refractivity contribution < 1.29 is 8.42 Å². The summed E-state index contributed by atoms with van der Waals surface area (Å²) in [5.41, 5.74) is 8.98. The number of nitrogens with two attached hydrogens (primary N) is 1. The van der Waals surface area contributed by atoms with Crippen molar-refractivity contribution in [2.45, 2.75) is 27.7 Å². The van der Waals surface area contributed by atoms with Gasteiger partial charge in [0.25, 0.3) is 0 Å². The monoisotopic (exact) mass is 328 g/mol. The zero-order valence-corrected chi connectivity index (χ0v) is 15.3. The Morgan fingerprint density at radius 1 is 1.18 bits per heavy atom. The smallest absolute Gasteiger partial charge is 0.211 e. The third-order valence-electron chi connectivity index (χ3n) is 4.61. The van der Waals surface area contributed by atoms with E-state index in [2.05, 4.69) is 26.0 Å². The zero-order valence-electron chi connectivity index (χ0n) is 14.5. The van der Waals surface area contributed by atoms with Crippen LogP contribution in [0.1, 0.15) is 26.3 Å². The molecule has 126 valence electrons. The van der Waals surface area contributed by atoms with Crippen LogP contribution in [0.2, 0.25) is 0 Å². The number of hydrogen-bond acceptors (Lipinski definition) is 3. The Labute approximate surface area is 135 Å². The number of nitrogens with zero attached hydrogens (tertiary/aromatic N) is 2. The lowest BCUT2D eigenvalue weighted by Crippen LogP contribution is -2.53. The molecule has 0 fully saturated rings. The minimum atomic E-state index is -3.15. The number of hydrogen-bond donors (Lipinski definition) is 1. The van der Waals surface area contributed by atoms with E-state index in [9.17, 15) is 8.42 Å². The number of likely N-dealkylation sites (N-methyl/N-ethyl adjacent to an activating group) is 2. The van der Waals surface area contributed by atoms with Crippen LogP contribution in [-0.2, 0) is 10.0 Å². The van der Waals surface area contributed by atoms with E-state index in [-0.39, 0.29) is 0 Å². The van der Waals surface area contributed by atoms with E-state index >= 15 is 0 Å². The Bertz CT molecular complexity index is 595. The summed E-state index contributed by atoms with van der Waals surface area (Å²) in [7, 11) is -3.15. The first-order valence-electron chi connectivity index (χ1n) is 7.88. The van der Waals surface area contributed by atoms with Gasteiger partial charge < -0.3 is 5.73 Å². The Hall–Kier alpha value is -1.11. The van der Waals surface area contributed by atoms with Gasteiger partial charge in [0.05, 0.1) is 32.4 Å². The van der Waals surface area contributed by atoms with Crippen LogP contribution >= 0.6 is 0 Å². The van der Waals surface area contributed by atoms with E-state index in [1.54, 1.807) is 0 Å². The lowest BCUT2D eigenvalue weighted by molar-refractivity contribution is 0.272. The summed E-state index contributed by atoms with van der Waals surface area (Å²) < 4.78 is 25.9. The fraction of sp³-hybridized carbons (Fsp3) is 0.625. The van der Waals surface area contributed by atoms with E-state index in [1.807, 2.05) is 19.9 Å². The number of nitrogen functional groups attached to an aromatic ring is 1. The topological polar surface area (TPSA) is 63.4 Å². The van der Waals surface area contributed by atoms with Gasteiger partial charge in [0.2, 0.25) is 10.0 Å². The van der Waals surface area contributed by atoms with Gasteiger partial charge in [-0.2, -0.15) is 4.31 Å². The Balaban J connectivity index is 3.08. The first kappa shape index (κ1) is 18.9. The number of sulfonamides is 1. The molecular formula is C16H30N3O2S+. The van der Waals surface area contributed by atoms with E-state index in [0.717, 1.165) is 35.4 Å². The molecule has 1 rings (SSSR count). The van der Waals surface area contributed by atoms with E-state index in [0.29, 0.717) is 13.1 Å². The molecule has 0 spiro atoms. The summed E-state index contributed by atoms with van der Waals surface area (Å²) in [6, 6.07) is 6.13. The van der Waals surface area contributed by atoms with Crippen molar-refractivity contribution in [1.29, 1.82) is 0 Å². The van der Waals surface area contributed by atoms with Gasteiger partial charge >= 0.3 is 0 Å². The maximum absolute atomic E-state index is 11.8. The quantitative estimate of drug-likeness (QED) is 0.588. The summed E-state index contributed by atoms with van der Waals surface area (Å²) in [6.45, 7) is 11.8. The van der Waals surface area contributed by atoms with Crippen LogP contribution in [0, 0.1) is 6.92 Å². The molecule has 0 aliphatic carbocycles. The molecule has 5 nitrogen and oxygen atoms in total. The maximum atomic E-state index is 11.8. The van der Waals surface area contributed by atoms with E-state index in [1.165, 1.54) is 16.2 Å². The molecule has 0 bridgehead atoms. The van der Waals surface area contributed by atoms with Gasteiger partial charge in [-0.3, -0.25) is 4.48 Å². The minimum absolute atomic E-state index is 0.507. The first-order chi connectivity index (χ1) is 10.2. The van der Waals surface area contributed by atoms with Gasteiger partial charge in [0.15, 0.2) is 0 Å². The third kappa shape index (κ3) is 4.21. The van der Waals surface area contributed by atoms with Crippen molar-refractivity contribution in [2.24, 2.45) is 0 Å². The fourth-order valence-electron chi connectivity index (χ4n) is 2.85. The molecule has 0 aliphatic rings. The van der Waals surface area contributed by atoms with Gasteiger partial charge in [-0.25, -0.2) is 8.42 Å². The second-order valence-corrected chi connectivity index (χ2v) is 7.78. The molecule has 0 aliphatic heterocycles. The molecule has 0 unspecified atom stereocenters. The lowest BCUT2D eigenvalue weighted by atomic mass is 10.1. The molecule has 0 radical (unpaired) electrons. The highest BCUT2D eigenvalue weighted by atomic mass is 32.2. The van der Waals surface area contributed by atoms with Crippen LogP contribution in [0.25, 0.3) is 0 Å². The summed E-state index contributed by atoms with van der Waals surface area (Å²) in [4.78, 5) is 0. The normalized spacial score (nSPS) is 12.8. The molecule has 0 saturated heterocycles. The van der Waals surface area contributed by atoms with Gasteiger partial charge in [-0.15, -0.1) is 0 Å². The predicted octanol–water partition coefficient (Wildman–Crippen LogP) is 2.21. The van der Waals surface area contributed by atoms with Crippen molar-refractivity contribution in [3.05, 3.63) is 23.8 Å². The Morgan fingerprint density at radius 2 is 1.77 bits per heavy atom. The summed E-state index contributed by atoms with van der Waals surface area (Å²) in [5, 5.41) is 0. The molecule has 0 saturated carbocycles. The summed E-state index contributed by atoms with van der Waals surface area (Å²) in [5.74, 6) is 0. The highest BCUT2D eigenvalue weighted by molar-refractivity contribution is 7.88. The average Bonchev–Trinajstić information content (AvgIpc) is 2.46. The van der Waals surface area contributed by atoms with Gasteiger partial charge in [0, 0.05) is 24.4 Å². The highest BCUT2D eigenvalue weighted by Crippen LogP contribution is 2.27. The summed E-state index contributed by atoms with van der Waals surface area (Å²) in [6.07, 6.45) is 1.27. The van der Waals surface area contributed by atoms with Crippen molar-refractivity contribution in [3.63, 3.8) is 0 Å². The predicted molar refractivity (Wildman–Crippen MR) is 95.4 cm³/mol. The van der Waals surface area contributed by atoms with Crippen LogP contribution in [0.5, 0.6) is 0 Å². The van der Waals surface area contributed by atoms with Crippen LogP contribution in [0.3, 0.4) is 0 Å². The fourth-order valence-corrected chi connectivity index (χ4v) is 3.73. The number of benzene rings is 1. The average molecular weight is 329 g/mol. The van der Waals surface area contributed by atoms with Gasteiger partial charge in [-0.05, 0) is 32.4 Å². The minimum Gasteiger partial charge on any atom is -0.399 e. The van der Waals surface area contributed by atoms with Crippen molar-refractivity contribution in [3.8, 4) is 0 Å². The number of anilines is 1. The number of aryl methyl sites for hydroxylation is 1. The molecule has 1 aromatic rings. The number of rotatable bonds is 8.